The van der Waals surface area contributed by atoms with Crippen LogP contribution in [0, 0.1) is 6.92 Å². The zero-order valence-electron chi connectivity index (χ0n) is 13.4. The van der Waals surface area contributed by atoms with E-state index < -0.39 is 5.60 Å². The fraction of sp³-hybridized carbons (Fsp3) is 0.588. The lowest BCUT2D eigenvalue weighted by Gasteiger charge is -2.38. The Morgan fingerprint density at radius 3 is 2.57 bits per heavy atom. The van der Waals surface area contributed by atoms with Gasteiger partial charge in [-0.1, -0.05) is 24.3 Å². The van der Waals surface area contributed by atoms with Crippen molar-refractivity contribution in [2.75, 3.05) is 13.1 Å². The highest BCUT2D eigenvalue weighted by Gasteiger charge is 2.32. The van der Waals surface area contributed by atoms with Gasteiger partial charge in [0.1, 0.15) is 5.60 Å². The summed E-state index contributed by atoms with van der Waals surface area (Å²) >= 11 is 0. The molecule has 1 aliphatic rings. The number of hydrogen-bond acceptors (Lipinski definition) is 3. The Hall–Kier alpha value is -1.55. The van der Waals surface area contributed by atoms with Crippen molar-refractivity contribution in [2.45, 2.75) is 51.7 Å². The van der Waals surface area contributed by atoms with Gasteiger partial charge in [-0.3, -0.25) is 0 Å². The fourth-order valence-corrected chi connectivity index (χ4v) is 2.86. The van der Waals surface area contributed by atoms with Gasteiger partial charge < -0.3 is 15.4 Å². The summed E-state index contributed by atoms with van der Waals surface area (Å²) in [7, 11) is 0. The van der Waals surface area contributed by atoms with Gasteiger partial charge in [-0.05, 0) is 45.2 Å². The first kappa shape index (κ1) is 15.8. The Morgan fingerprint density at radius 2 is 2.00 bits per heavy atom. The van der Waals surface area contributed by atoms with Crippen molar-refractivity contribution in [2.24, 2.45) is 5.73 Å². The quantitative estimate of drug-likeness (QED) is 0.865. The predicted molar refractivity (Wildman–Crippen MR) is 84.3 cm³/mol. The molecule has 1 aromatic rings. The van der Waals surface area contributed by atoms with E-state index in [0.717, 1.165) is 6.42 Å². The van der Waals surface area contributed by atoms with E-state index in [2.05, 4.69) is 25.1 Å². The first-order chi connectivity index (χ1) is 9.78. The molecule has 0 saturated carbocycles. The van der Waals surface area contributed by atoms with E-state index in [4.69, 9.17) is 10.5 Å². The molecule has 0 radical (unpaired) electrons. The van der Waals surface area contributed by atoms with E-state index in [9.17, 15) is 4.79 Å². The third kappa shape index (κ3) is 3.97. The number of likely N-dealkylation sites (tertiary alicyclic amines) is 1. The number of nitrogens with zero attached hydrogens (tertiary/aromatic N) is 1. The first-order valence-electron chi connectivity index (χ1n) is 7.57. The minimum atomic E-state index is -0.464. The topological polar surface area (TPSA) is 55.6 Å². The number of ether oxygens (including phenoxy) is 1. The maximum absolute atomic E-state index is 12.1. The summed E-state index contributed by atoms with van der Waals surface area (Å²) in [6, 6.07) is 8.30. The summed E-state index contributed by atoms with van der Waals surface area (Å²) in [5.74, 6) is 0.310. The van der Waals surface area contributed by atoms with Crippen LogP contribution >= 0.6 is 0 Å². The maximum Gasteiger partial charge on any atom is 0.410 e. The molecule has 0 aromatic heterocycles. The van der Waals surface area contributed by atoms with Crippen LogP contribution in [0.3, 0.4) is 0 Å². The van der Waals surface area contributed by atoms with Crippen LogP contribution in [0.1, 0.15) is 44.2 Å². The zero-order chi connectivity index (χ0) is 15.6. The average Bonchev–Trinajstić information content (AvgIpc) is 2.38. The average molecular weight is 290 g/mol. The molecular formula is C17H26N2O2. The Bertz CT molecular complexity index is 508. The molecule has 2 N–H and O–H groups in total. The highest BCUT2D eigenvalue weighted by Crippen LogP contribution is 2.30. The maximum atomic E-state index is 12.1. The molecule has 0 bridgehead atoms. The molecule has 4 heteroatoms. The lowest BCUT2D eigenvalue weighted by Crippen LogP contribution is -2.50. The van der Waals surface area contributed by atoms with E-state index in [1.54, 1.807) is 4.90 Å². The standard InChI is InChI=1S/C17H26N2O2/c1-12-7-5-6-8-13(12)14-9-10-19(11-15(14)18)16(20)21-17(2,3)4/h5-8,14-15H,9-11,18H2,1-4H3/t14-,15+/m0/s1. The van der Waals surface area contributed by atoms with Crippen molar-refractivity contribution < 1.29 is 9.53 Å². The van der Waals surface area contributed by atoms with Crippen LogP contribution in [-0.2, 0) is 4.74 Å². The lowest BCUT2D eigenvalue weighted by molar-refractivity contribution is 0.0186. The minimum absolute atomic E-state index is 0.0487. The van der Waals surface area contributed by atoms with Crippen LogP contribution in [-0.4, -0.2) is 35.7 Å². The first-order valence-corrected chi connectivity index (χ1v) is 7.57. The molecule has 1 aliphatic heterocycles. The van der Waals surface area contributed by atoms with Crippen molar-refractivity contribution in [3.63, 3.8) is 0 Å². The number of carbonyl (C=O) groups is 1. The normalized spacial score (nSPS) is 23.0. The molecule has 21 heavy (non-hydrogen) atoms. The van der Waals surface area contributed by atoms with Gasteiger partial charge in [0.25, 0.3) is 0 Å². The molecule has 1 aromatic carbocycles. The van der Waals surface area contributed by atoms with E-state index in [-0.39, 0.29) is 12.1 Å². The highest BCUT2D eigenvalue weighted by atomic mass is 16.6. The van der Waals surface area contributed by atoms with Gasteiger partial charge in [0, 0.05) is 25.0 Å². The van der Waals surface area contributed by atoms with E-state index in [1.165, 1.54) is 11.1 Å². The summed E-state index contributed by atoms with van der Waals surface area (Å²) in [6.45, 7) is 9.00. The SMILES string of the molecule is Cc1ccccc1[C@@H]1CCN(C(=O)OC(C)(C)C)C[C@H]1N. The van der Waals surface area contributed by atoms with Gasteiger partial charge in [0.15, 0.2) is 0 Å². The molecule has 1 saturated heterocycles. The monoisotopic (exact) mass is 290 g/mol. The molecule has 0 spiro atoms. The second kappa shape index (κ2) is 6.06. The van der Waals surface area contributed by atoms with Crippen LogP contribution in [0.2, 0.25) is 0 Å². The molecule has 0 aliphatic carbocycles. The Balaban J connectivity index is 2.03. The summed E-state index contributed by atoms with van der Waals surface area (Å²) in [6.07, 6.45) is 0.617. The third-order valence-corrected chi connectivity index (χ3v) is 3.90. The van der Waals surface area contributed by atoms with E-state index >= 15 is 0 Å². The van der Waals surface area contributed by atoms with E-state index in [0.29, 0.717) is 19.0 Å². The largest absolute Gasteiger partial charge is 0.444 e. The molecule has 0 unspecified atom stereocenters. The number of hydrogen-bond donors (Lipinski definition) is 1. The zero-order valence-corrected chi connectivity index (χ0v) is 13.4. The van der Waals surface area contributed by atoms with Crippen molar-refractivity contribution in [3.8, 4) is 0 Å². The molecule has 2 rings (SSSR count). The van der Waals surface area contributed by atoms with Crippen LogP contribution in [0.15, 0.2) is 24.3 Å². The van der Waals surface area contributed by atoms with Crippen LogP contribution in [0.5, 0.6) is 0 Å². The number of aryl methyl sites for hydroxylation is 1. The van der Waals surface area contributed by atoms with Gasteiger partial charge in [0.05, 0.1) is 0 Å². The molecule has 2 atom stereocenters. The smallest absolute Gasteiger partial charge is 0.410 e. The number of piperidine rings is 1. The summed E-state index contributed by atoms with van der Waals surface area (Å²) < 4.78 is 5.42. The summed E-state index contributed by atoms with van der Waals surface area (Å²) in [5, 5.41) is 0. The minimum Gasteiger partial charge on any atom is -0.444 e. The van der Waals surface area contributed by atoms with Crippen molar-refractivity contribution >= 4 is 6.09 Å². The molecule has 116 valence electrons. The van der Waals surface area contributed by atoms with Crippen molar-refractivity contribution in [1.82, 2.24) is 4.90 Å². The van der Waals surface area contributed by atoms with Gasteiger partial charge >= 0.3 is 6.09 Å². The molecule has 1 fully saturated rings. The summed E-state index contributed by atoms with van der Waals surface area (Å²) in [5.41, 5.74) is 8.43. The number of rotatable bonds is 1. The lowest BCUT2D eigenvalue weighted by atomic mass is 9.84. The van der Waals surface area contributed by atoms with Crippen LogP contribution in [0.4, 0.5) is 4.79 Å². The van der Waals surface area contributed by atoms with Crippen molar-refractivity contribution in [1.29, 1.82) is 0 Å². The molecular weight excluding hydrogens is 264 g/mol. The number of nitrogens with two attached hydrogens (primary N) is 1. The Morgan fingerprint density at radius 1 is 1.33 bits per heavy atom. The van der Waals surface area contributed by atoms with Gasteiger partial charge in [-0.2, -0.15) is 0 Å². The van der Waals surface area contributed by atoms with E-state index in [1.807, 2.05) is 26.8 Å². The second-order valence-electron chi connectivity index (χ2n) is 6.84. The Kier molecular flexibility index (Phi) is 4.57. The van der Waals surface area contributed by atoms with Gasteiger partial charge in [0.2, 0.25) is 0 Å². The summed E-state index contributed by atoms with van der Waals surface area (Å²) in [4.78, 5) is 13.8. The van der Waals surface area contributed by atoms with Crippen LogP contribution in [0.25, 0.3) is 0 Å². The number of carbonyl (C=O) groups excluding carboxylic acids is 1. The van der Waals surface area contributed by atoms with Gasteiger partial charge in [-0.15, -0.1) is 0 Å². The van der Waals surface area contributed by atoms with Crippen molar-refractivity contribution in [3.05, 3.63) is 35.4 Å². The van der Waals surface area contributed by atoms with Gasteiger partial charge in [-0.25, -0.2) is 4.79 Å². The predicted octanol–water partition coefficient (Wildman–Crippen LogP) is 3.05. The molecule has 1 heterocycles. The number of amides is 1. The highest BCUT2D eigenvalue weighted by molar-refractivity contribution is 5.68. The number of benzene rings is 1. The fourth-order valence-electron chi connectivity index (χ4n) is 2.86. The second-order valence-corrected chi connectivity index (χ2v) is 6.84. The third-order valence-electron chi connectivity index (χ3n) is 3.90. The van der Waals surface area contributed by atoms with Crippen LogP contribution < -0.4 is 5.73 Å². The molecule has 4 nitrogen and oxygen atoms in total. The Labute approximate surface area is 127 Å². The molecule has 1 amide bonds.